The Morgan fingerprint density at radius 3 is 2.76 bits per heavy atom. The summed E-state index contributed by atoms with van der Waals surface area (Å²) in [6.45, 7) is 6.00. The lowest BCUT2D eigenvalue weighted by atomic mass is 9.85. The average Bonchev–Trinajstić information content (AvgIpc) is 3.21. The SMILES string of the molecule is COC(=O)[C@@H]1C[C@@H]2CN1C(=O)[C@H](C(C)(C)C)NC(=O)OCCCCC/C=C/c1cccnc1O2. The normalized spacial score (nSPS) is 25.6. The second kappa shape index (κ2) is 11.4. The molecule has 9 nitrogen and oxygen atoms in total. The highest BCUT2D eigenvalue weighted by Gasteiger charge is 2.46. The van der Waals surface area contributed by atoms with E-state index in [0.29, 0.717) is 5.88 Å². The Hall–Kier alpha value is -3.10. The fraction of sp³-hybridized carbons (Fsp3) is 0.600. The van der Waals surface area contributed by atoms with Gasteiger partial charge in [0, 0.05) is 18.2 Å². The van der Waals surface area contributed by atoms with Gasteiger partial charge in [-0.15, -0.1) is 0 Å². The standard InChI is InChI=1S/C25H35N3O6/c1-25(2,3)20-22(29)28-16-18(15-19(28)23(30)32-4)34-21-17(12-10-13-26-21)11-8-6-5-7-9-14-33-24(31)27-20/h8,10-13,18-20H,5-7,9,14-16H2,1-4H3,(H,27,31)/b11-8+/t18-,19+,20-/m1/s1. The molecule has 3 heterocycles. The molecular weight excluding hydrogens is 438 g/mol. The van der Waals surface area contributed by atoms with E-state index < -0.39 is 35.7 Å². The monoisotopic (exact) mass is 473 g/mol. The summed E-state index contributed by atoms with van der Waals surface area (Å²) in [6, 6.07) is 2.05. The zero-order valence-corrected chi connectivity index (χ0v) is 20.4. The summed E-state index contributed by atoms with van der Waals surface area (Å²) in [7, 11) is 1.29. The summed E-state index contributed by atoms with van der Waals surface area (Å²) >= 11 is 0. The van der Waals surface area contributed by atoms with Crippen molar-refractivity contribution >= 4 is 24.0 Å². The second-order valence-corrected chi connectivity index (χ2v) is 9.73. The van der Waals surface area contributed by atoms with Crippen LogP contribution < -0.4 is 10.1 Å². The number of methoxy groups -OCH3 is 1. The van der Waals surface area contributed by atoms with Crippen molar-refractivity contribution in [1.82, 2.24) is 15.2 Å². The molecule has 0 saturated carbocycles. The van der Waals surface area contributed by atoms with Gasteiger partial charge in [-0.1, -0.05) is 32.9 Å². The lowest BCUT2D eigenvalue weighted by Crippen LogP contribution is -2.57. The lowest BCUT2D eigenvalue weighted by molar-refractivity contribution is -0.152. The predicted molar refractivity (Wildman–Crippen MR) is 126 cm³/mol. The molecule has 2 amide bonds. The first kappa shape index (κ1) is 25.5. The number of hydrogen-bond donors (Lipinski definition) is 1. The molecule has 0 aliphatic carbocycles. The molecule has 0 radical (unpaired) electrons. The van der Waals surface area contributed by atoms with Crippen LogP contribution in [0.4, 0.5) is 4.79 Å². The number of nitrogens with zero attached hydrogens (tertiary/aromatic N) is 2. The Kier molecular flexibility index (Phi) is 8.52. The van der Waals surface area contributed by atoms with Crippen molar-refractivity contribution in [2.45, 2.75) is 71.1 Å². The molecule has 0 spiro atoms. The van der Waals surface area contributed by atoms with Crippen LogP contribution in [-0.4, -0.2) is 66.3 Å². The third kappa shape index (κ3) is 6.48. The van der Waals surface area contributed by atoms with Gasteiger partial charge >= 0.3 is 12.1 Å². The van der Waals surface area contributed by atoms with E-state index in [9.17, 15) is 14.4 Å². The van der Waals surface area contributed by atoms with Crippen LogP contribution in [0, 0.1) is 5.41 Å². The number of hydrogen-bond acceptors (Lipinski definition) is 7. The van der Waals surface area contributed by atoms with E-state index in [1.54, 1.807) is 6.20 Å². The maximum atomic E-state index is 13.6. The number of ether oxygens (including phenoxy) is 3. The number of nitrogens with one attached hydrogen (secondary N) is 1. The lowest BCUT2D eigenvalue weighted by Gasteiger charge is -2.34. The Balaban J connectivity index is 1.92. The molecule has 2 bridgehead atoms. The van der Waals surface area contributed by atoms with E-state index >= 15 is 0 Å². The molecule has 0 unspecified atom stereocenters. The predicted octanol–water partition coefficient (Wildman–Crippen LogP) is 3.33. The highest BCUT2D eigenvalue weighted by molar-refractivity contribution is 5.91. The van der Waals surface area contributed by atoms with Crippen LogP contribution in [0.3, 0.4) is 0 Å². The van der Waals surface area contributed by atoms with Gasteiger partial charge < -0.3 is 24.4 Å². The number of alkyl carbamates (subject to hydrolysis) is 1. The molecule has 2 aliphatic heterocycles. The smallest absolute Gasteiger partial charge is 0.407 e. The summed E-state index contributed by atoms with van der Waals surface area (Å²) in [6.07, 6.45) is 8.33. The molecule has 1 N–H and O–H groups in total. The van der Waals surface area contributed by atoms with Crippen molar-refractivity contribution < 1.29 is 28.6 Å². The highest BCUT2D eigenvalue weighted by atomic mass is 16.5. The molecule has 1 saturated heterocycles. The molecule has 0 aromatic carbocycles. The van der Waals surface area contributed by atoms with Gasteiger partial charge in [-0.3, -0.25) is 4.79 Å². The first-order valence-electron chi connectivity index (χ1n) is 11.8. The number of rotatable bonds is 1. The van der Waals surface area contributed by atoms with Crippen molar-refractivity contribution in [3.8, 4) is 5.88 Å². The topological polar surface area (TPSA) is 107 Å². The Labute approximate surface area is 200 Å². The van der Waals surface area contributed by atoms with Crippen LogP contribution in [0.15, 0.2) is 24.4 Å². The van der Waals surface area contributed by atoms with Crippen molar-refractivity contribution in [3.05, 3.63) is 30.0 Å². The van der Waals surface area contributed by atoms with Gasteiger partial charge in [0.1, 0.15) is 18.2 Å². The molecular formula is C25H35N3O6. The summed E-state index contributed by atoms with van der Waals surface area (Å²) in [4.78, 5) is 44.5. The van der Waals surface area contributed by atoms with E-state index in [4.69, 9.17) is 14.2 Å². The van der Waals surface area contributed by atoms with E-state index in [1.165, 1.54) is 12.0 Å². The van der Waals surface area contributed by atoms with Crippen LogP contribution in [0.2, 0.25) is 0 Å². The maximum absolute atomic E-state index is 13.6. The minimum Gasteiger partial charge on any atom is -0.472 e. The van der Waals surface area contributed by atoms with Crippen molar-refractivity contribution in [2.75, 3.05) is 20.3 Å². The number of cyclic esters (lactones) is 1. The summed E-state index contributed by atoms with van der Waals surface area (Å²) in [5, 5.41) is 2.72. The Morgan fingerprint density at radius 1 is 1.24 bits per heavy atom. The Bertz CT molecular complexity index is 910. The van der Waals surface area contributed by atoms with E-state index in [2.05, 4.69) is 16.4 Å². The van der Waals surface area contributed by atoms with Gasteiger partial charge in [-0.05, 0) is 43.2 Å². The van der Waals surface area contributed by atoms with E-state index in [0.717, 1.165) is 31.2 Å². The van der Waals surface area contributed by atoms with E-state index in [1.807, 2.05) is 39.0 Å². The van der Waals surface area contributed by atoms with Gasteiger partial charge in [-0.2, -0.15) is 0 Å². The molecule has 2 aliphatic rings. The van der Waals surface area contributed by atoms with Gasteiger partial charge in [0.05, 0.1) is 20.3 Å². The minimum absolute atomic E-state index is 0.168. The van der Waals surface area contributed by atoms with E-state index in [-0.39, 0.29) is 25.5 Å². The quantitative estimate of drug-likeness (QED) is 0.624. The fourth-order valence-electron chi connectivity index (χ4n) is 4.16. The molecule has 3 atom stereocenters. The van der Waals surface area contributed by atoms with Crippen LogP contribution in [0.5, 0.6) is 5.88 Å². The van der Waals surface area contributed by atoms with Gasteiger partial charge in [0.25, 0.3) is 0 Å². The Morgan fingerprint density at radius 2 is 2.03 bits per heavy atom. The molecule has 1 aromatic heterocycles. The zero-order chi connectivity index (χ0) is 24.7. The summed E-state index contributed by atoms with van der Waals surface area (Å²) in [5.74, 6) is -0.452. The number of amides is 2. The zero-order valence-electron chi connectivity index (χ0n) is 20.4. The molecule has 1 aromatic rings. The minimum atomic E-state index is -0.891. The molecule has 9 heteroatoms. The number of carbonyl (C=O) groups is 3. The number of esters is 1. The molecule has 3 rings (SSSR count). The van der Waals surface area contributed by atoms with Crippen LogP contribution >= 0.6 is 0 Å². The summed E-state index contributed by atoms with van der Waals surface area (Å²) < 4.78 is 16.5. The van der Waals surface area contributed by atoms with Crippen molar-refractivity contribution in [3.63, 3.8) is 0 Å². The van der Waals surface area contributed by atoms with Gasteiger partial charge in [-0.25, -0.2) is 14.6 Å². The number of carbonyl (C=O) groups excluding carboxylic acids is 3. The molecule has 34 heavy (non-hydrogen) atoms. The average molecular weight is 474 g/mol. The van der Waals surface area contributed by atoms with Crippen LogP contribution in [0.25, 0.3) is 6.08 Å². The highest BCUT2D eigenvalue weighted by Crippen LogP contribution is 2.29. The molecule has 186 valence electrons. The maximum Gasteiger partial charge on any atom is 0.407 e. The second-order valence-electron chi connectivity index (χ2n) is 9.73. The third-order valence-electron chi connectivity index (χ3n) is 6.02. The molecule has 1 fully saturated rings. The third-order valence-corrected chi connectivity index (χ3v) is 6.02. The van der Waals surface area contributed by atoms with Gasteiger partial charge in [0.2, 0.25) is 11.8 Å². The number of fused-ring (bicyclic) bond motifs is 3. The largest absolute Gasteiger partial charge is 0.472 e. The summed E-state index contributed by atoms with van der Waals surface area (Å²) in [5.41, 5.74) is 0.223. The first-order valence-corrected chi connectivity index (χ1v) is 11.8. The van der Waals surface area contributed by atoms with Crippen molar-refractivity contribution in [1.29, 1.82) is 0 Å². The van der Waals surface area contributed by atoms with Gasteiger partial charge in [0.15, 0.2) is 0 Å². The number of aromatic nitrogens is 1. The van der Waals surface area contributed by atoms with Crippen LogP contribution in [-0.2, 0) is 19.1 Å². The number of pyridine rings is 1. The fourth-order valence-corrected chi connectivity index (χ4v) is 4.16. The van der Waals surface area contributed by atoms with Crippen molar-refractivity contribution in [2.24, 2.45) is 5.41 Å². The first-order chi connectivity index (χ1) is 16.2. The number of allylic oxidation sites excluding steroid dienone is 1. The van der Waals surface area contributed by atoms with Crippen LogP contribution in [0.1, 0.15) is 58.4 Å².